The Morgan fingerprint density at radius 1 is 1.40 bits per heavy atom. The Morgan fingerprint density at radius 3 is 2.90 bits per heavy atom. The van der Waals surface area contributed by atoms with Gasteiger partial charge >= 0.3 is 6.09 Å². The van der Waals surface area contributed by atoms with Crippen molar-refractivity contribution in [2.75, 3.05) is 19.6 Å². The number of alkyl carbamates (subject to hydrolysis) is 1. The van der Waals surface area contributed by atoms with Crippen molar-refractivity contribution in [1.82, 2.24) is 10.2 Å². The van der Waals surface area contributed by atoms with Crippen LogP contribution in [0.4, 0.5) is 4.79 Å². The molecule has 0 aromatic carbocycles. The lowest BCUT2D eigenvalue weighted by Crippen LogP contribution is -2.36. The lowest BCUT2D eigenvalue weighted by atomic mass is 9.95. The molecule has 0 bridgehead atoms. The zero-order chi connectivity index (χ0) is 14.2. The Morgan fingerprint density at radius 2 is 2.25 bits per heavy atom. The third-order valence-electron chi connectivity index (χ3n) is 3.83. The molecule has 1 spiro atoms. The number of thiophene rings is 1. The summed E-state index contributed by atoms with van der Waals surface area (Å²) in [5, 5.41) is 2.71. The van der Waals surface area contributed by atoms with Crippen LogP contribution in [0.15, 0.2) is 12.1 Å². The van der Waals surface area contributed by atoms with Crippen LogP contribution in [0, 0.1) is 0 Å². The normalized spacial score (nSPS) is 26.2. The second kappa shape index (κ2) is 5.26. The minimum atomic E-state index is -0.431. The van der Waals surface area contributed by atoms with Crippen LogP contribution in [0.1, 0.15) is 28.9 Å². The minimum absolute atomic E-state index is 0.0104. The molecule has 3 heterocycles. The smallest absolute Gasteiger partial charge is 0.407 e. The van der Waals surface area contributed by atoms with Crippen molar-refractivity contribution in [3.8, 4) is 0 Å². The first-order valence-corrected chi connectivity index (χ1v) is 7.79. The standard InChI is InChI=1S/C13H15ClN2O3S/c14-10-3-2-9(20-10)11(17)16-6-1-4-13(5-7-16)8-15-12(18)19-13/h2-3H,1,4-8H2,(H,15,18)/t13-/m1/s1. The molecule has 1 aromatic rings. The monoisotopic (exact) mass is 314 g/mol. The van der Waals surface area contributed by atoms with Crippen molar-refractivity contribution in [2.45, 2.75) is 24.9 Å². The van der Waals surface area contributed by atoms with E-state index in [1.165, 1.54) is 11.3 Å². The molecule has 0 unspecified atom stereocenters. The predicted octanol–water partition coefficient (Wildman–Crippen LogP) is 2.51. The van der Waals surface area contributed by atoms with Crippen LogP contribution in [0.25, 0.3) is 0 Å². The van der Waals surface area contributed by atoms with Crippen LogP contribution in [-0.4, -0.2) is 42.1 Å². The summed E-state index contributed by atoms with van der Waals surface area (Å²) in [5.41, 5.74) is -0.431. The highest BCUT2D eigenvalue weighted by molar-refractivity contribution is 7.17. The maximum atomic E-state index is 12.4. The lowest BCUT2D eigenvalue weighted by molar-refractivity contribution is 0.0439. The predicted molar refractivity (Wildman–Crippen MR) is 76.3 cm³/mol. The first kappa shape index (κ1) is 13.7. The zero-order valence-electron chi connectivity index (χ0n) is 10.9. The Hall–Kier alpha value is -1.27. The Bertz CT molecular complexity index is 547. The van der Waals surface area contributed by atoms with Gasteiger partial charge in [0.1, 0.15) is 5.60 Å². The molecule has 3 rings (SSSR count). The van der Waals surface area contributed by atoms with Crippen LogP contribution in [0.3, 0.4) is 0 Å². The van der Waals surface area contributed by atoms with E-state index in [9.17, 15) is 9.59 Å². The molecule has 108 valence electrons. The number of carbonyl (C=O) groups excluding carboxylic acids is 2. The van der Waals surface area contributed by atoms with Gasteiger partial charge in [-0.05, 0) is 25.0 Å². The topological polar surface area (TPSA) is 58.6 Å². The molecule has 2 aliphatic heterocycles. The van der Waals surface area contributed by atoms with Crippen molar-refractivity contribution in [3.63, 3.8) is 0 Å². The number of nitrogens with zero attached hydrogens (tertiary/aromatic N) is 1. The number of ether oxygens (including phenoxy) is 1. The molecule has 5 nitrogen and oxygen atoms in total. The number of amides is 2. The summed E-state index contributed by atoms with van der Waals surface area (Å²) < 4.78 is 6.02. The van der Waals surface area contributed by atoms with Gasteiger partial charge in [-0.2, -0.15) is 0 Å². The molecular formula is C13H15ClN2O3S. The summed E-state index contributed by atoms with van der Waals surface area (Å²) >= 11 is 7.17. The fourth-order valence-electron chi connectivity index (χ4n) is 2.74. The Kier molecular flexibility index (Phi) is 3.60. The third-order valence-corrected chi connectivity index (χ3v) is 5.05. The average molecular weight is 315 g/mol. The van der Waals surface area contributed by atoms with E-state index in [0.717, 1.165) is 12.8 Å². The summed E-state index contributed by atoms with van der Waals surface area (Å²) in [7, 11) is 0. The third kappa shape index (κ3) is 2.62. The van der Waals surface area contributed by atoms with Gasteiger partial charge in [0.05, 0.1) is 15.8 Å². The average Bonchev–Trinajstić information content (AvgIpc) is 2.93. The molecule has 2 saturated heterocycles. The molecule has 1 aromatic heterocycles. The first-order valence-electron chi connectivity index (χ1n) is 6.59. The summed E-state index contributed by atoms with van der Waals surface area (Å²) in [5.74, 6) is 0.0104. The number of rotatable bonds is 1. The molecule has 20 heavy (non-hydrogen) atoms. The van der Waals surface area contributed by atoms with E-state index in [2.05, 4.69) is 5.32 Å². The first-order chi connectivity index (χ1) is 9.58. The van der Waals surface area contributed by atoms with E-state index < -0.39 is 5.60 Å². The van der Waals surface area contributed by atoms with Crippen molar-refractivity contribution in [2.24, 2.45) is 0 Å². The second-order valence-electron chi connectivity index (χ2n) is 5.18. The minimum Gasteiger partial charge on any atom is -0.441 e. The molecule has 1 N–H and O–H groups in total. The summed E-state index contributed by atoms with van der Waals surface area (Å²) in [6.45, 7) is 1.83. The van der Waals surface area contributed by atoms with E-state index in [1.807, 2.05) is 4.90 Å². The number of carbonyl (C=O) groups is 2. The highest BCUT2D eigenvalue weighted by Crippen LogP contribution is 2.30. The highest BCUT2D eigenvalue weighted by atomic mass is 35.5. The van der Waals surface area contributed by atoms with Crippen molar-refractivity contribution in [3.05, 3.63) is 21.3 Å². The maximum Gasteiger partial charge on any atom is 0.407 e. The molecule has 0 saturated carbocycles. The molecule has 2 amide bonds. The van der Waals surface area contributed by atoms with Gasteiger partial charge in [-0.3, -0.25) is 4.79 Å². The number of hydrogen-bond acceptors (Lipinski definition) is 4. The summed E-state index contributed by atoms with van der Waals surface area (Å²) in [6, 6.07) is 3.49. The van der Waals surface area contributed by atoms with Crippen LogP contribution in [-0.2, 0) is 4.74 Å². The number of halogens is 1. The summed E-state index contributed by atoms with van der Waals surface area (Å²) in [4.78, 5) is 26.1. The number of likely N-dealkylation sites (tertiary alicyclic amines) is 1. The van der Waals surface area contributed by atoms with E-state index in [-0.39, 0.29) is 12.0 Å². The molecule has 2 fully saturated rings. The largest absolute Gasteiger partial charge is 0.441 e. The second-order valence-corrected chi connectivity index (χ2v) is 6.89. The highest BCUT2D eigenvalue weighted by Gasteiger charge is 2.41. The van der Waals surface area contributed by atoms with Crippen LogP contribution >= 0.6 is 22.9 Å². The van der Waals surface area contributed by atoms with Crippen molar-refractivity contribution < 1.29 is 14.3 Å². The van der Waals surface area contributed by atoms with E-state index >= 15 is 0 Å². The molecule has 7 heteroatoms. The van der Waals surface area contributed by atoms with Crippen molar-refractivity contribution in [1.29, 1.82) is 0 Å². The molecule has 0 radical (unpaired) electrons. The SMILES string of the molecule is O=C1NC[C@]2(CCCN(C(=O)c3ccc(Cl)s3)CC2)O1. The van der Waals surface area contributed by atoms with Gasteiger partial charge in [0.25, 0.3) is 5.91 Å². The molecule has 1 atom stereocenters. The molecule has 0 aliphatic carbocycles. The van der Waals surface area contributed by atoms with E-state index in [1.54, 1.807) is 12.1 Å². The van der Waals surface area contributed by atoms with Gasteiger partial charge in [-0.15, -0.1) is 11.3 Å². The quantitative estimate of drug-likeness (QED) is 0.866. The Balaban J connectivity index is 1.68. The lowest BCUT2D eigenvalue weighted by Gasteiger charge is -2.24. The summed E-state index contributed by atoms with van der Waals surface area (Å²) in [6.07, 6.45) is 1.95. The van der Waals surface area contributed by atoms with Gasteiger partial charge < -0.3 is 15.0 Å². The van der Waals surface area contributed by atoms with Gasteiger partial charge in [-0.1, -0.05) is 11.6 Å². The maximum absolute atomic E-state index is 12.4. The number of hydrogen-bond donors (Lipinski definition) is 1. The Labute approximate surface area is 125 Å². The van der Waals surface area contributed by atoms with Crippen molar-refractivity contribution >= 4 is 34.9 Å². The van der Waals surface area contributed by atoms with Gasteiger partial charge in [0, 0.05) is 19.5 Å². The van der Waals surface area contributed by atoms with E-state index in [0.29, 0.717) is 35.3 Å². The van der Waals surface area contributed by atoms with Gasteiger partial charge in [-0.25, -0.2) is 4.79 Å². The zero-order valence-corrected chi connectivity index (χ0v) is 12.4. The fourth-order valence-corrected chi connectivity index (χ4v) is 3.75. The van der Waals surface area contributed by atoms with Crippen LogP contribution in [0.2, 0.25) is 4.34 Å². The van der Waals surface area contributed by atoms with Crippen LogP contribution < -0.4 is 5.32 Å². The van der Waals surface area contributed by atoms with Crippen LogP contribution in [0.5, 0.6) is 0 Å². The van der Waals surface area contributed by atoms with Gasteiger partial charge in [0.2, 0.25) is 0 Å². The molecular weight excluding hydrogens is 300 g/mol. The number of nitrogens with one attached hydrogen (secondary N) is 1. The molecule has 2 aliphatic rings. The van der Waals surface area contributed by atoms with Gasteiger partial charge in [0.15, 0.2) is 0 Å². The van der Waals surface area contributed by atoms with E-state index in [4.69, 9.17) is 16.3 Å². The fraction of sp³-hybridized carbons (Fsp3) is 0.538.